The molecule has 2 amide bonds. The maximum atomic E-state index is 13.9. The summed E-state index contributed by atoms with van der Waals surface area (Å²) >= 11 is 0. The van der Waals surface area contributed by atoms with Gasteiger partial charge in [0.05, 0.1) is 23.4 Å². The fraction of sp³-hybridized carbons (Fsp3) is 0.188. The molecule has 0 fully saturated rings. The Kier molecular flexibility index (Phi) is 5.45. The van der Waals surface area contributed by atoms with Gasteiger partial charge in [-0.15, -0.1) is 0 Å². The number of hydrogen-bond acceptors (Lipinski definition) is 4. The van der Waals surface area contributed by atoms with Crippen molar-refractivity contribution in [2.24, 2.45) is 5.73 Å². The summed E-state index contributed by atoms with van der Waals surface area (Å²) in [6, 6.07) is 5.52. The van der Waals surface area contributed by atoms with E-state index in [1.165, 1.54) is 26.2 Å². The Labute approximate surface area is 147 Å². The van der Waals surface area contributed by atoms with Crippen LogP contribution in [-0.2, 0) is 9.84 Å². The van der Waals surface area contributed by atoms with E-state index in [-0.39, 0.29) is 17.1 Å². The minimum Gasteiger partial charge on any atom is -0.495 e. The lowest BCUT2D eigenvalue weighted by Crippen LogP contribution is -2.32. The topological polar surface area (TPSA) is 89.7 Å². The van der Waals surface area contributed by atoms with Gasteiger partial charge in [-0.25, -0.2) is 17.6 Å². The number of benzene rings is 2. The van der Waals surface area contributed by atoms with Crippen LogP contribution in [0.1, 0.15) is 5.56 Å². The highest BCUT2D eigenvalue weighted by Crippen LogP contribution is 2.37. The van der Waals surface area contributed by atoms with Crippen LogP contribution < -0.4 is 15.4 Å². The van der Waals surface area contributed by atoms with Gasteiger partial charge in [0.1, 0.15) is 11.6 Å². The van der Waals surface area contributed by atoms with E-state index in [0.717, 1.165) is 29.2 Å². The normalized spacial score (nSPS) is 11.5. The largest absolute Gasteiger partial charge is 0.495 e. The fourth-order valence-electron chi connectivity index (χ4n) is 2.23. The average molecular weight is 388 g/mol. The number of rotatable bonds is 5. The first-order valence-electron chi connectivity index (χ1n) is 7.15. The molecular formula is C16H15F3N2O4S. The fourth-order valence-corrected chi connectivity index (χ4v) is 2.97. The molecule has 0 saturated heterocycles. The van der Waals surface area contributed by atoms with Crippen molar-refractivity contribution in [3.63, 3.8) is 0 Å². The van der Waals surface area contributed by atoms with Crippen LogP contribution >= 0.6 is 0 Å². The van der Waals surface area contributed by atoms with E-state index >= 15 is 0 Å². The number of alkyl halides is 2. The molecule has 140 valence electrons. The summed E-state index contributed by atoms with van der Waals surface area (Å²) in [7, 11) is -3.69. The van der Waals surface area contributed by atoms with E-state index in [0.29, 0.717) is 5.56 Å². The molecule has 0 aromatic heterocycles. The highest BCUT2D eigenvalue weighted by Gasteiger charge is 2.29. The molecule has 6 nitrogen and oxygen atoms in total. The Balaban J connectivity index is 2.71. The third kappa shape index (κ3) is 3.59. The van der Waals surface area contributed by atoms with Crippen molar-refractivity contribution in [2.75, 3.05) is 12.0 Å². The van der Waals surface area contributed by atoms with E-state index in [9.17, 15) is 26.4 Å². The molecule has 2 N–H and O–H groups in total. The monoisotopic (exact) mass is 388 g/mol. The highest BCUT2D eigenvalue weighted by atomic mass is 32.2. The standard InChI is InChI=1S/C16H15F3N2O4S/c1-9-3-4-10(7-12(9)17)21(16(20)22)13-8-11(5-6-14(13)25-2)26(23,24)15(18)19/h3-8,15H,1-2H3,(H2,20,22). The van der Waals surface area contributed by atoms with E-state index in [1.54, 1.807) is 0 Å². The zero-order valence-corrected chi connectivity index (χ0v) is 14.6. The van der Waals surface area contributed by atoms with Crippen molar-refractivity contribution in [3.8, 4) is 5.75 Å². The van der Waals surface area contributed by atoms with Gasteiger partial charge in [0.15, 0.2) is 0 Å². The summed E-state index contributed by atoms with van der Waals surface area (Å²) in [6.45, 7) is 1.50. The molecule has 2 aromatic carbocycles. The lowest BCUT2D eigenvalue weighted by atomic mass is 10.2. The van der Waals surface area contributed by atoms with Crippen LogP contribution in [0.2, 0.25) is 0 Å². The van der Waals surface area contributed by atoms with E-state index in [2.05, 4.69) is 0 Å². The van der Waals surface area contributed by atoms with Crippen LogP contribution in [0.3, 0.4) is 0 Å². The highest BCUT2D eigenvalue weighted by molar-refractivity contribution is 7.91. The number of methoxy groups -OCH3 is 1. The van der Waals surface area contributed by atoms with Gasteiger partial charge in [-0.05, 0) is 42.8 Å². The zero-order chi connectivity index (χ0) is 19.6. The quantitative estimate of drug-likeness (QED) is 0.851. The second-order valence-electron chi connectivity index (χ2n) is 5.25. The van der Waals surface area contributed by atoms with Gasteiger partial charge in [-0.3, -0.25) is 4.90 Å². The molecule has 0 spiro atoms. The molecule has 0 aliphatic rings. The number of urea groups is 1. The number of sulfone groups is 1. The number of carbonyl (C=O) groups is 1. The Bertz CT molecular complexity index is 949. The van der Waals surface area contributed by atoms with Crippen LogP contribution in [0.4, 0.5) is 29.3 Å². The van der Waals surface area contributed by atoms with Gasteiger partial charge < -0.3 is 10.5 Å². The zero-order valence-electron chi connectivity index (χ0n) is 13.7. The molecule has 0 heterocycles. The first-order chi connectivity index (χ1) is 12.1. The summed E-state index contributed by atoms with van der Waals surface area (Å²) < 4.78 is 68.0. The molecule has 0 aliphatic carbocycles. The molecule has 0 atom stereocenters. The SMILES string of the molecule is COc1ccc(S(=O)(=O)C(F)F)cc1N(C(N)=O)c1ccc(C)c(F)c1. The summed E-state index contributed by atoms with van der Waals surface area (Å²) in [5.41, 5.74) is 5.41. The Morgan fingerprint density at radius 3 is 2.35 bits per heavy atom. The second-order valence-corrected chi connectivity index (χ2v) is 7.16. The first kappa shape index (κ1) is 19.6. The molecule has 0 saturated carbocycles. The summed E-state index contributed by atoms with van der Waals surface area (Å²) in [6.07, 6.45) is 0. The summed E-state index contributed by atoms with van der Waals surface area (Å²) in [5.74, 6) is -4.30. The van der Waals surface area contributed by atoms with Gasteiger partial charge in [-0.2, -0.15) is 8.78 Å². The minimum absolute atomic E-state index is 0.0157. The van der Waals surface area contributed by atoms with Gasteiger partial charge >= 0.3 is 11.8 Å². The molecule has 0 aliphatic heterocycles. The van der Waals surface area contributed by atoms with Gasteiger partial charge in [-0.1, -0.05) is 6.07 Å². The smallest absolute Gasteiger partial charge is 0.341 e. The number of primary amides is 1. The molecule has 0 bridgehead atoms. The van der Waals surface area contributed by atoms with Crippen molar-refractivity contribution < 1.29 is 31.1 Å². The van der Waals surface area contributed by atoms with Crippen molar-refractivity contribution in [2.45, 2.75) is 17.6 Å². The Morgan fingerprint density at radius 2 is 1.85 bits per heavy atom. The number of nitrogens with zero attached hydrogens (tertiary/aromatic N) is 1. The Hall–Kier alpha value is -2.75. The number of halogens is 3. The van der Waals surface area contributed by atoms with E-state index in [4.69, 9.17) is 10.5 Å². The summed E-state index contributed by atoms with van der Waals surface area (Å²) in [4.78, 5) is 12.0. The molecule has 2 aromatic rings. The van der Waals surface area contributed by atoms with E-state index in [1.807, 2.05) is 0 Å². The third-order valence-corrected chi connectivity index (χ3v) is 4.97. The van der Waals surface area contributed by atoms with Crippen molar-refractivity contribution in [1.82, 2.24) is 0 Å². The molecule has 0 unspecified atom stereocenters. The number of amides is 2. The van der Waals surface area contributed by atoms with Gasteiger partial charge in [0, 0.05) is 0 Å². The van der Waals surface area contributed by atoms with E-state index < -0.39 is 32.3 Å². The predicted molar refractivity (Wildman–Crippen MR) is 89.0 cm³/mol. The third-order valence-electron chi connectivity index (χ3n) is 3.59. The van der Waals surface area contributed by atoms with Crippen LogP contribution in [0.5, 0.6) is 5.75 Å². The second kappa shape index (κ2) is 7.24. The lowest BCUT2D eigenvalue weighted by Gasteiger charge is -2.23. The molecule has 26 heavy (non-hydrogen) atoms. The lowest BCUT2D eigenvalue weighted by molar-refractivity contribution is 0.234. The molecule has 10 heteroatoms. The Morgan fingerprint density at radius 1 is 1.19 bits per heavy atom. The van der Waals surface area contributed by atoms with Gasteiger partial charge in [0.25, 0.3) is 0 Å². The number of hydrogen-bond donors (Lipinski definition) is 1. The molecule has 2 rings (SSSR count). The number of anilines is 2. The maximum absolute atomic E-state index is 13.9. The van der Waals surface area contributed by atoms with Crippen molar-refractivity contribution in [1.29, 1.82) is 0 Å². The van der Waals surface area contributed by atoms with Crippen LogP contribution in [0, 0.1) is 12.7 Å². The number of ether oxygens (including phenoxy) is 1. The molecular weight excluding hydrogens is 373 g/mol. The van der Waals surface area contributed by atoms with Crippen LogP contribution in [0.15, 0.2) is 41.3 Å². The minimum atomic E-state index is -4.92. The summed E-state index contributed by atoms with van der Waals surface area (Å²) in [5, 5.41) is 0. The number of aryl methyl sites for hydroxylation is 1. The number of nitrogens with two attached hydrogens (primary N) is 1. The van der Waals surface area contributed by atoms with Crippen LogP contribution in [0.25, 0.3) is 0 Å². The maximum Gasteiger partial charge on any atom is 0.341 e. The van der Waals surface area contributed by atoms with Gasteiger partial charge in [0.2, 0.25) is 9.84 Å². The van der Waals surface area contributed by atoms with Crippen molar-refractivity contribution in [3.05, 3.63) is 47.8 Å². The van der Waals surface area contributed by atoms with Crippen molar-refractivity contribution >= 4 is 27.2 Å². The number of carbonyl (C=O) groups excluding carboxylic acids is 1. The predicted octanol–water partition coefficient (Wildman–Crippen LogP) is 3.36. The van der Waals surface area contributed by atoms with Crippen LogP contribution in [-0.4, -0.2) is 27.3 Å². The first-order valence-corrected chi connectivity index (χ1v) is 8.70. The average Bonchev–Trinajstić information content (AvgIpc) is 2.57. The molecule has 0 radical (unpaired) electrons.